The van der Waals surface area contributed by atoms with Gasteiger partial charge in [0.1, 0.15) is 29.6 Å². The summed E-state index contributed by atoms with van der Waals surface area (Å²) in [5.41, 5.74) is -9.98. The lowest BCUT2D eigenvalue weighted by molar-refractivity contribution is -0.214. The third-order valence-corrected chi connectivity index (χ3v) is 11.5. The molecule has 300 valence electrons. The molecule has 57 heavy (non-hydrogen) atoms. The number of phenolic OH excluding ortho intramolecular Hbond substituents is 2. The summed E-state index contributed by atoms with van der Waals surface area (Å²) >= 11 is 0. The minimum absolute atomic E-state index is 0.0340. The van der Waals surface area contributed by atoms with E-state index in [1.807, 2.05) is 0 Å². The number of hydrogen-bond acceptors (Lipinski definition) is 15. The number of fused-ring (bicyclic) bond motifs is 5. The Morgan fingerprint density at radius 1 is 1.00 bits per heavy atom. The monoisotopic (exact) mass is 790 g/mol. The van der Waals surface area contributed by atoms with Gasteiger partial charge in [-0.1, -0.05) is 18.2 Å². The van der Waals surface area contributed by atoms with Crippen molar-refractivity contribution in [1.29, 1.82) is 0 Å². The third kappa shape index (κ3) is 5.64. The maximum Gasteiger partial charge on any atom is 0.255 e. The van der Waals surface area contributed by atoms with Crippen LogP contribution in [0.4, 0.5) is 4.39 Å². The average Bonchev–Trinajstić information content (AvgIpc) is 3.15. The smallest absolute Gasteiger partial charge is 0.255 e. The fourth-order valence-electron chi connectivity index (χ4n) is 8.69. The molecular weight excluding hydrogens is 751 g/mol. The molecule has 7 rings (SSSR count). The first-order chi connectivity index (χ1) is 27.0. The van der Waals surface area contributed by atoms with Crippen LogP contribution in [0.1, 0.15) is 81.0 Å². The number of aliphatic hydroxyl groups is 4. The normalized spacial score (nSPS) is 29.2. The Morgan fingerprint density at radius 3 is 2.32 bits per heavy atom. The Hall–Kier alpha value is -5.40. The topological polar surface area (TPSA) is 258 Å². The lowest BCUT2D eigenvalue weighted by atomic mass is 9.56. The highest BCUT2D eigenvalue weighted by atomic mass is 19.1. The number of carbonyl (C=O) groups is 5. The van der Waals surface area contributed by atoms with Crippen LogP contribution in [-0.2, 0) is 32.8 Å². The summed E-state index contributed by atoms with van der Waals surface area (Å²) in [7, 11) is 2.25. The summed E-state index contributed by atoms with van der Waals surface area (Å²) < 4.78 is 30.1. The number of aryl methyl sites for hydroxylation is 1. The van der Waals surface area contributed by atoms with E-state index in [9.17, 15) is 59.0 Å². The summed E-state index contributed by atoms with van der Waals surface area (Å²) in [4.78, 5) is 70.7. The molecule has 3 aliphatic carbocycles. The second kappa shape index (κ2) is 14.2. The highest BCUT2D eigenvalue weighted by Gasteiger charge is 2.72. The first-order valence-electron chi connectivity index (χ1n) is 17.9. The molecule has 0 aromatic heterocycles. The average molecular weight is 791 g/mol. The molecule has 0 saturated carbocycles. The standard InChI is InChI=1S/C40H39FN2O14/c1-15-9-18-10-25(46)40(56-4)36(52)28-21(35(51)39(40,54)29(18)33(50)26(15)37(53)42-13-17-5-7-19(41)8-6-17)11-20-27(32(28)49)24(45)12-23(30(20)47)43-38-22(14-44)31(48)34(55-3)16(2)57-38/h5-9,11-12,16,22,25,31,34,38,43-44,46,48-50,54H,10,13-14H2,1-4H3,(H,42,53)/t16-,22?,25+,31-,34-,38?,39-,40+/m0/s1. The Kier molecular flexibility index (Phi) is 9.93. The Balaban J connectivity index is 1.32. The summed E-state index contributed by atoms with van der Waals surface area (Å²) in [6, 6.07) is 7.38. The van der Waals surface area contributed by atoms with Gasteiger partial charge in [-0.15, -0.1) is 0 Å². The Morgan fingerprint density at radius 2 is 1.68 bits per heavy atom. The number of rotatable bonds is 8. The van der Waals surface area contributed by atoms with Crippen LogP contribution < -0.4 is 10.6 Å². The van der Waals surface area contributed by atoms with Crippen LogP contribution in [0.25, 0.3) is 0 Å². The molecule has 17 heteroatoms. The molecule has 8 N–H and O–H groups in total. The van der Waals surface area contributed by atoms with Gasteiger partial charge in [0.15, 0.2) is 17.0 Å². The predicted molar refractivity (Wildman–Crippen MR) is 192 cm³/mol. The number of benzene rings is 3. The first-order valence-corrected chi connectivity index (χ1v) is 17.9. The number of aromatic hydroxyl groups is 2. The zero-order valence-corrected chi connectivity index (χ0v) is 31.0. The zero-order valence-electron chi connectivity index (χ0n) is 31.0. The van der Waals surface area contributed by atoms with Crippen molar-refractivity contribution in [2.24, 2.45) is 5.92 Å². The molecule has 8 atom stereocenters. The molecule has 1 aliphatic heterocycles. The van der Waals surface area contributed by atoms with Crippen LogP contribution in [0.3, 0.4) is 0 Å². The van der Waals surface area contributed by atoms with E-state index in [0.717, 1.165) is 19.3 Å². The molecule has 0 radical (unpaired) electrons. The summed E-state index contributed by atoms with van der Waals surface area (Å²) in [5, 5.41) is 73.8. The molecule has 3 aromatic rings. The van der Waals surface area contributed by atoms with E-state index < -0.39 is 146 Å². The first kappa shape index (κ1) is 39.8. The van der Waals surface area contributed by atoms with Crippen LogP contribution >= 0.6 is 0 Å². The molecule has 0 bridgehead atoms. The summed E-state index contributed by atoms with van der Waals surface area (Å²) in [6.45, 7) is 2.29. The van der Waals surface area contributed by atoms with Crippen LogP contribution in [-0.4, -0.2) is 117 Å². The molecule has 1 amide bonds. The second-order valence-corrected chi connectivity index (χ2v) is 14.6. The summed E-state index contributed by atoms with van der Waals surface area (Å²) in [5.74, 6) is -9.26. The van der Waals surface area contributed by atoms with Gasteiger partial charge >= 0.3 is 0 Å². The van der Waals surface area contributed by atoms with Gasteiger partial charge in [-0.2, -0.15) is 0 Å². The number of nitrogens with one attached hydrogen (secondary N) is 2. The van der Waals surface area contributed by atoms with Crippen molar-refractivity contribution in [3.63, 3.8) is 0 Å². The number of ketones is 4. The number of halogens is 1. The lowest BCUT2D eigenvalue weighted by Gasteiger charge is -2.53. The lowest BCUT2D eigenvalue weighted by Crippen LogP contribution is -2.73. The van der Waals surface area contributed by atoms with E-state index in [4.69, 9.17) is 14.2 Å². The van der Waals surface area contributed by atoms with E-state index in [2.05, 4.69) is 10.6 Å². The maximum atomic E-state index is 14.8. The molecule has 2 unspecified atom stereocenters. The van der Waals surface area contributed by atoms with Gasteiger partial charge in [0.2, 0.25) is 17.3 Å². The maximum absolute atomic E-state index is 14.8. The minimum Gasteiger partial charge on any atom is -0.507 e. The van der Waals surface area contributed by atoms with Crippen LogP contribution in [0, 0.1) is 18.7 Å². The number of Topliss-reactive ketones (excluding diaryl/α,β-unsaturated/α-hetero) is 3. The SMILES string of the molecule is CO[C@H]1[C@H](C)OC(NC2=CC(=O)c3c(cc4c(c3O)C(=O)[C@]3(OC)[C@H](O)Cc5cc(C)c(C(=O)NCc6ccc(F)cc6)c(O)c5[C@]3(O)C4=O)C2=O)C(CO)[C@@H]1O. The largest absolute Gasteiger partial charge is 0.507 e. The molecule has 1 saturated heterocycles. The molecule has 1 heterocycles. The van der Waals surface area contributed by atoms with Gasteiger partial charge in [-0.25, -0.2) is 4.39 Å². The van der Waals surface area contributed by atoms with E-state index in [-0.39, 0.29) is 17.7 Å². The van der Waals surface area contributed by atoms with Gasteiger partial charge in [0.05, 0.1) is 53.2 Å². The van der Waals surface area contributed by atoms with Gasteiger partial charge in [0, 0.05) is 50.0 Å². The van der Waals surface area contributed by atoms with Crippen molar-refractivity contribution >= 4 is 29.0 Å². The highest BCUT2D eigenvalue weighted by Crippen LogP contribution is 2.56. The number of amides is 1. The van der Waals surface area contributed by atoms with Gasteiger partial charge < -0.3 is 55.5 Å². The van der Waals surface area contributed by atoms with Crippen LogP contribution in [0.2, 0.25) is 0 Å². The summed E-state index contributed by atoms with van der Waals surface area (Å²) in [6.07, 6.45) is -5.78. The number of hydrogen-bond donors (Lipinski definition) is 8. The van der Waals surface area contributed by atoms with Crippen molar-refractivity contribution < 1.29 is 73.2 Å². The van der Waals surface area contributed by atoms with Gasteiger partial charge in [-0.05, 0) is 48.7 Å². The third-order valence-electron chi connectivity index (χ3n) is 11.5. The van der Waals surface area contributed by atoms with E-state index in [1.165, 1.54) is 44.4 Å². The van der Waals surface area contributed by atoms with Gasteiger partial charge in [0.25, 0.3) is 5.91 Å². The predicted octanol–water partition coefficient (Wildman–Crippen LogP) is 0.626. The van der Waals surface area contributed by atoms with E-state index >= 15 is 0 Å². The fourth-order valence-corrected chi connectivity index (χ4v) is 8.69. The van der Waals surface area contributed by atoms with E-state index in [1.54, 1.807) is 6.92 Å². The number of carbonyl (C=O) groups excluding carboxylic acids is 5. The molecule has 0 spiro atoms. The number of methoxy groups -OCH3 is 2. The van der Waals surface area contributed by atoms with Crippen molar-refractivity contribution in [2.75, 3.05) is 20.8 Å². The fraction of sp³-hybridized carbons (Fsp3) is 0.375. The number of ether oxygens (including phenoxy) is 3. The van der Waals surface area contributed by atoms with Crippen LogP contribution in [0.5, 0.6) is 11.5 Å². The van der Waals surface area contributed by atoms with Crippen molar-refractivity contribution in [1.82, 2.24) is 10.6 Å². The number of phenols is 2. The number of allylic oxidation sites excluding steroid dienone is 2. The quantitative estimate of drug-likeness (QED) is 0.156. The van der Waals surface area contributed by atoms with Crippen molar-refractivity contribution in [2.45, 2.75) is 68.7 Å². The molecule has 16 nitrogen and oxygen atoms in total. The van der Waals surface area contributed by atoms with Crippen molar-refractivity contribution in [3.8, 4) is 11.5 Å². The van der Waals surface area contributed by atoms with Crippen LogP contribution in [0.15, 0.2) is 48.2 Å². The molecule has 4 aliphatic rings. The highest BCUT2D eigenvalue weighted by molar-refractivity contribution is 6.31. The van der Waals surface area contributed by atoms with E-state index in [0.29, 0.717) is 5.56 Å². The molecular formula is C40H39FN2O14. The number of aliphatic hydroxyl groups excluding tert-OH is 3. The zero-order chi connectivity index (χ0) is 41.5. The Labute approximate surface area is 323 Å². The van der Waals surface area contributed by atoms with Gasteiger partial charge in [-0.3, -0.25) is 24.0 Å². The molecule has 1 fully saturated rings. The van der Waals surface area contributed by atoms with Crippen molar-refractivity contribution in [3.05, 3.63) is 104 Å². The second-order valence-electron chi connectivity index (χ2n) is 14.6. The Bertz CT molecular complexity index is 2290. The molecule has 3 aromatic carbocycles. The minimum atomic E-state index is -3.30.